The van der Waals surface area contributed by atoms with Gasteiger partial charge in [0.15, 0.2) is 5.82 Å². The Morgan fingerprint density at radius 1 is 1.15 bits per heavy atom. The zero-order valence-electron chi connectivity index (χ0n) is 18.1. The summed E-state index contributed by atoms with van der Waals surface area (Å²) in [6, 6.07) is 12.5. The predicted octanol–water partition coefficient (Wildman–Crippen LogP) is 6.80. The third kappa shape index (κ3) is 4.08. The van der Waals surface area contributed by atoms with Gasteiger partial charge in [0.1, 0.15) is 11.6 Å². The molecule has 0 aliphatic heterocycles. The quantitative estimate of drug-likeness (QED) is 0.305. The van der Waals surface area contributed by atoms with Crippen molar-refractivity contribution in [1.82, 2.24) is 14.5 Å². The Morgan fingerprint density at radius 3 is 2.76 bits per heavy atom. The summed E-state index contributed by atoms with van der Waals surface area (Å²) in [7, 11) is 1.75. The first-order valence-corrected chi connectivity index (χ1v) is 11.6. The highest BCUT2D eigenvalue weighted by molar-refractivity contribution is 7.17. The van der Waals surface area contributed by atoms with Crippen molar-refractivity contribution in [2.45, 2.75) is 13.3 Å². The molecule has 0 N–H and O–H groups in total. The van der Waals surface area contributed by atoms with Gasteiger partial charge in [-0.2, -0.15) is 0 Å². The average molecular weight is 475 g/mol. The van der Waals surface area contributed by atoms with E-state index in [1.165, 1.54) is 17.4 Å². The summed E-state index contributed by atoms with van der Waals surface area (Å²) in [5.74, 6) is 0.723. The lowest BCUT2D eigenvalue weighted by Crippen LogP contribution is -2.09. The number of thiophene rings is 1. The summed E-state index contributed by atoms with van der Waals surface area (Å²) in [5, 5.41) is 0. The maximum atomic E-state index is 14.7. The number of halogens is 2. The highest BCUT2D eigenvalue weighted by Gasteiger charge is 2.20. The molecule has 33 heavy (non-hydrogen) atoms. The van der Waals surface area contributed by atoms with Crippen molar-refractivity contribution in [2.75, 3.05) is 7.05 Å². The van der Waals surface area contributed by atoms with Gasteiger partial charge in [-0.3, -0.25) is 4.99 Å². The molecule has 7 heteroatoms. The Bertz CT molecular complexity index is 1440. The fraction of sp³-hybridized carbons (Fsp3) is 0.115. The van der Waals surface area contributed by atoms with E-state index >= 15 is 0 Å². The van der Waals surface area contributed by atoms with E-state index in [1.807, 2.05) is 42.1 Å². The topological polar surface area (TPSA) is 43.1 Å². The maximum Gasteiger partial charge on any atom is 0.164 e. The van der Waals surface area contributed by atoms with Crippen LogP contribution in [0.4, 0.5) is 4.39 Å². The fourth-order valence-electron chi connectivity index (χ4n) is 3.91. The minimum Gasteiger partial charge on any atom is -0.305 e. The highest BCUT2D eigenvalue weighted by Crippen LogP contribution is 2.34. The smallest absolute Gasteiger partial charge is 0.164 e. The molecule has 0 unspecified atom stereocenters. The first-order chi connectivity index (χ1) is 16.0. The van der Waals surface area contributed by atoms with Crippen LogP contribution in [0.25, 0.3) is 28.9 Å². The molecule has 1 aliphatic carbocycles. The van der Waals surface area contributed by atoms with Crippen LogP contribution < -0.4 is 0 Å². The number of allylic oxidation sites excluding steroid dienone is 3. The molecule has 164 valence electrons. The predicted molar refractivity (Wildman–Crippen MR) is 135 cm³/mol. The minimum atomic E-state index is -0.347. The molecule has 1 aromatic carbocycles. The highest BCUT2D eigenvalue weighted by atomic mass is 35.5. The van der Waals surface area contributed by atoms with Gasteiger partial charge < -0.3 is 4.57 Å². The molecule has 4 nitrogen and oxygen atoms in total. The molecule has 0 amide bonds. The van der Waals surface area contributed by atoms with E-state index in [1.54, 1.807) is 25.2 Å². The van der Waals surface area contributed by atoms with Crippen molar-refractivity contribution in [1.29, 1.82) is 0 Å². The first kappa shape index (κ1) is 21.5. The van der Waals surface area contributed by atoms with Gasteiger partial charge in [-0.15, -0.1) is 11.3 Å². The summed E-state index contributed by atoms with van der Waals surface area (Å²) >= 11 is 7.72. The first-order valence-electron chi connectivity index (χ1n) is 10.5. The second-order valence-corrected chi connectivity index (χ2v) is 9.35. The van der Waals surface area contributed by atoms with Crippen LogP contribution in [0.5, 0.6) is 0 Å². The lowest BCUT2D eigenvalue weighted by atomic mass is 10.1. The standard InChI is InChI=1S/C26H20ClFN4S/c1-16-18(15-29-2)12-13-32(16)26-20-14-17(23-10-11-24(27)33-23)6-5-9-22(20)30-25(31-26)19-7-3-4-8-21(19)28/h3-8,10-15H,9H2,1-2H3. The van der Waals surface area contributed by atoms with Crippen molar-refractivity contribution in [3.05, 3.63) is 98.4 Å². The zero-order chi connectivity index (χ0) is 22.9. The molecule has 0 radical (unpaired) electrons. The average Bonchev–Trinajstić information content (AvgIpc) is 3.32. The molecule has 0 atom stereocenters. The molecule has 5 rings (SSSR count). The molecule has 0 bridgehead atoms. The van der Waals surface area contributed by atoms with Crippen LogP contribution in [0.1, 0.15) is 27.4 Å². The number of fused-ring (bicyclic) bond motifs is 1. The Hall–Kier alpha value is -3.35. The Kier molecular flexibility index (Phi) is 5.79. The molecule has 0 saturated carbocycles. The van der Waals surface area contributed by atoms with Crippen LogP contribution in [0, 0.1) is 12.7 Å². The SMILES string of the molecule is CN=Cc1ccn(-c2nc(-c3ccccc3F)nc3c2C=C(c2ccc(Cl)s2)C=CC3)c1C. The summed E-state index contributed by atoms with van der Waals surface area (Å²) in [4.78, 5) is 14.9. The van der Waals surface area contributed by atoms with Crippen LogP contribution in [-0.2, 0) is 6.42 Å². The fourth-order valence-corrected chi connectivity index (χ4v) is 4.95. The summed E-state index contributed by atoms with van der Waals surface area (Å²) in [6.45, 7) is 2.02. The number of hydrogen-bond donors (Lipinski definition) is 0. The Balaban J connectivity index is 1.77. The second-order valence-electron chi connectivity index (χ2n) is 7.63. The number of nitrogens with zero attached hydrogens (tertiary/aromatic N) is 4. The van der Waals surface area contributed by atoms with Gasteiger partial charge >= 0.3 is 0 Å². The van der Waals surface area contributed by atoms with E-state index in [2.05, 4.69) is 23.2 Å². The van der Waals surface area contributed by atoms with Gasteiger partial charge in [0.05, 0.1) is 15.6 Å². The minimum absolute atomic E-state index is 0.347. The van der Waals surface area contributed by atoms with Gasteiger partial charge in [0.2, 0.25) is 0 Å². The Labute approximate surface area is 200 Å². The van der Waals surface area contributed by atoms with Crippen LogP contribution in [-0.4, -0.2) is 27.8 Å². The van der Waals surface area contributed by atoms with E-state index in [0.29, 0.717) is 23.6 Å². The lowest BCUT2D eigenvalue weighted by Gasteiger charge is -2.15. The molecule has 4 aromatic rings. The van der Waals surface area contributed by atoms with Crippen LogP contribution in [0.2, 0.25) is 4.34 Å². The van der Waals surface area contributed by atoms with Crippen LogP contribution >= 0.6 is 22.9 Å². The summed E-state index contributed by atoms with van der Waals surface area (Å²) in [5.41, 5.74) is 5.15. The number of hydrogen-bond acceptors (Lipinski definition) is 4. The molecule has 0 spiro atoms. The number of aromatic nitrogens is 3. The monoisotopic (exact) mass is 474 g/mol. The zero-order valence-corrected chi connectivity index (χ0v) is 19.7. The van der Waals surface area contributed by atoms with Gasteiger partial charge in [-0.25, -0.2) is 14.4 Å². The molecule has 3 aromatic heterocycles. The van der Waals surface area contributed by atoms with Crippen molar-refractivity contribution >= 4 is 40.8 Å². The van der Waals surface area contributed by atoms with Gasteiger partial charge in [0, 0.05) is 47.6 Å². The van der Waals surface area contributed by atoms with Gasteiger partial charge in [-0.05, 0) is 48.9 Å². The van der Waals surface area contributed by atoms with Crippen molar-refractivity contribution in [3.63, 3.8) is 0 Å². The third-order valence-electron chi connectivity index (χ3n) is 5.56. The van der Waals surface area contributed by atoms with Crippen molar-refractivity contribution in [2.24, 2.45) is 4.99 Å². The maximum absolute atomic E-state index is 14.7. The summed E-state index contributed by atoms with van der Waals surface area (Å²) in [6.07, 6.45) is 10.6. The second kappa shape index (κ2) is 8.89. The van der Waals surface area contributed by atoms with Gasteiger partial charge in [0.25, 0.3) is 0 Å². The van der Waals surface area contributed by atoms with Crippen LogP contribution in [0.15, 0.2) is 65.8 Å². The number of rotatable bonds is 4. The van der Waals surface area contributed by atoms with Crippen LogP contribution in [0.3, 0.4) is 0 Å². The van der Waals surface area contributed by atoms with E-state index in [0.717, 1.165) is 37.3 Å². The molecular weight excluding hydrogens is 455 g/mol. The van der Waals surface area contributed by atoms with E-state index in [9.17, 15) is 4.39 Å². The number of benzene rings is 1. The third-order valence-corrected chi connectivity index (χ3v) is 6.84. The van der Waals surface area contributed by atoms with Crippen molar-refractivity contribution < 1.29 is 4.39 Å². The largest absolute Gasteiger partial charge is 0.305 e. The summed E-state index contributed by atoms with van der Waals surface area (Å²) < 4.78 is 17.4. The van der Waals surface area contributed by atoms with E-state index in [4.69, 9.17) is 21.6 Å². The molecule has 1 aliphatic rings. The normalized spacial score (nSPS) is 13.3. The molecule has 3 heterocycles. The van der Waals surface area contributed by atoms with Crippen molar-refractivity contribution in [3.8, 4) is 17.2 Å². The van der Waals surface area contributed by atoms with Gasteiger partial charge in [-0.1, -0.05) is 35.9 Å². The molecular formula is C26H20ClFN4S. The Morgan fingerprint density at radius 2 is 2.00 bits per heavy atom. The lowest BCUT2D eigenvalue weighted by molar-refractivity contribution is 0.629. The molecule has 0 fully saturated rings. The number of aliphatic imine (C=N–C) groups is 1. The van der Waals surface area contributed by atoms with E-state index in [-0.39, 0.29) is 5.82 Å². The molecule has 0 saturated heterocycles. The van der Waals surface area contributed by atoms with E-state index < -0.39 is 0 Å².